The zero-order valence-corrected chi connectivity index (χ0v) is 14.9. The summed E-state index contributed by atoms with van der Waals surface area (Å²) in [5, 5.41) is 12.8. The van der Waals surface area contributed by atoms with E-state index in [1.807, 2.05) is 12.1 Å². The molecule has 3 N–H and O–H groups in total. The number of fused-ring (bicyclic) bond motifs is 1. The number of amides is 1. The van der Waals surface area contributed by atoms with Crippen molar-refractivity contribution in [2.45, 2.75) is 19.8 Å². The zero-order valence-electron chi connectivity index (χ0n) is 11.7. The van der Waals surface area contributed by atoms with Crippen LogP contribution in [0.3, 0.4) is 0 Å². The second-order valence-corrected chi connectivity index (χ2v) is 6.72. The molecule has 21 heavy (non-hydrogen) atoms. The van der Waals surface area contributed by atoms with Crippen LogP contribution in [-0.2, 0) is 0 Å². The average Bonchev–Trinajstić information content (AvgIpc) is 2.86. The quantitative estimate of drug-likeness (QED) is 0.668. The Morgan fingerprint density at radius 2 is 2.10 bits per heavy atom. The van der Waals surface area contributed by atoms with Crippen molar-refractivity contribution in [1.29, 1.82) is 0 Å². The van der Waals surface area contributed by atoms with E-state index in [1.165, 1.54) is 0 Å². The molecule has 0 fully saturated rings. The first-order chi connectivity index (χ1) is 10.1. The van der Waals surface area contributed by atoms with Crippen LogP contribution in [0, 0.1) is 5.92 Å². The highest BCUT2D eigenvalue weighted by atomic mass is 79.9. The predicted octanol–water partition coefficient (Wildman–Crippen LogP) is 3.83. The number of nitrogens with one attached hydrogen (secondary N) is 2. The molecule has 114 valence electrons. The summed E-state index contributed by atoms with van der Waals surface area (Å²) in [5.41, 5.74) is 1.55. The molecule has 0 saturated heterocycles. The van der Waals surface area contributed by atoms with Crippen LogP contribution in [0.15, 0.2) is 27.3 Å². The number of hydrogen-bond acceptors (Lipinski definition) is 2. The Hall–Kier alpha value is -0.850. The van der Waals surface area contributed by atoms with E-state index in [2.05, 4.69) is 49.1 Å². The van der Waals surface area contributed by atoms with Crippen LogP contribution in [0.1, 0.15) is 30.1 Å². The number of halogens is 2. The van der Waals surface area contributed by atoms with Crippen LogP contribution < -0.4 is 5.32 Å². The topological polar surface area (TPSA) is 65.1 Å². The normalized spacial score (nSPS) is 12.6. The van der Waals surface area contributed by atoms with Gasteiger partial charge in [-0.1, -0.05) is 13.3 Å². The van der Waals surface area contributed by atoms with E-state index < -0.39 is 0 Å². The number of benzene rings is 1. The lowest BCUT2D eigenvalue weighted by Crippen LogP contribution is -2.29. The van der Waals surface area contributed by atoms with Gasteiger partial charge in [0.2, 0.25) is 0 Å². The molecular formula is C15H18Br2N2O2. The van der Waals surface area contributed by atoms with Gasteiger partial charge in [-0.15, -0.1) is 0 Å². The summed E-state index contributed by atoms with van der Waals surface area (Å²) >= 11 is 6.91. The lowest BCUT2D eigenvalue weighted by Gasteiger charge is -2.14. The maximum Gasteiger partial charge on any atom is 0.253 e. The molecule has 0 bridgehead atoms. The lowest BCUT2D eigenvalue weighted by molar-refractivity contribution is 0.0945. The van der Waals surface area contributed by atoms with E-state index in [1.54, 1.807) is 6.20 Å². The third kappa shape index (κ3) is 3.87. The van der Waals surface area contributed by atoms with Crippen molar-refractivity contribution in [2.24, 2.45) is 5.92 Å². The van der Waals surface area contributed by atoms with Crippen LogP contribution in [0.5, 0.6) is 0 Å². The summed E-state index contributed by atoms with van der Waals surface area (Å²) < 4.78 is 1.85. The van der Waals surface area contributed by atoms with Gasteiger partial charge in [-0.2, -0.15) is 0 Å². The largest absolute Gasteiger partial charge is 0.396 e. The van der Waals surface area contributed by atoms with Crippen LogP contribution in [0.4, 0.5) is 0 Å². The first kappa shape index (κ1) is 16.5. The van der Waals surface area contributed by atoms with E-state index in [-0.39, 0.29) is 12.5 Å². The minimum atomic E-state index is -0.0909. The van der Waals surface area contributed by atoms with E-state index >= 15 is 0 Å². The number of carbonyl (C=O) groups is 1. The maximum absolute atomic E-state index is 12.3. The summed E-state index contributed by atoms with van der Waals surface area (Å²) in [7, 11) is 0. The van der Waals surface area contributed by atoms with Gasteiger partial charge >= 0.3 is 0 Å². The van der Waals surface area contributed by atoms with Gasteiger partial charge in [0.1, 0.15) is 0 Å². The maximum atomic E-state index is 12.3. The van der Waals surface area contributed by atoms with Crippen molar-refractivity contribution < 1.29 is 9.90 Å². The zero-order chi connectivity index (χ0) is 15.4. The number of hydrogen-bond donors (Lipinski definition) is 3. The Bertz CT molecular complexity index is 640. The molecule has 6 heteroatoms. The summed E-state index contributed by atoms with van der Waals surface area (Å²) in [6.07, 6.45) is 3.38. The van der Waals surface area contributed by atoms with Gasteiger partial charge < -0.3 is 15.4 Å². The number of rotatable bonds is 6. The first-order valence-electron chi connectivity index (χ1n) is 6.92. The van der Waals surface area contributed by atoms with Gasteiger partial charge in [-0.05, 0) is 56.3 Å². The Morgan fingerprint density at radius 3 is 2.76 bits per heavy atom. The minimum absolute atomic E-state index is 0.0909. The average molecular weight is 418 g/mol. The summed E-state index contributed by atoms with van der Waals surface area (Å²) in [6, 6.07) is 3.87. The molecule has 0 aliphatic rings. The van der Waals surface area contributed by atoms with E-state index in [9.17, 15) is 4.79 Å². The number of aliphatic hydroxyl groups is 1. The van der Waals surface area contributed by atoms with E-state index in [0.29, 0.717) is 24.4 Å². The third-order valence-corrected chi connectivity index (χ3v) is 5.48. The Balaban J connectivity index is 2.14. The molecule has 0 radical (unpaired) electrons. The molecule has 1 aromatic carbocycles. The third-order valence-electron chi connectivity index (χ3n) is 3.63. The summed E-state index contributed by atoms with van der Waals surface area (Å²) in [6.45, 7) is 2.80. The molecule has 1 unspecified atom stereocenters. The van der Waals surface area contributed by atoms with Crippen molar-refractivity contribution in [3.63, 3.8) is 0 Å². The molecule has 1 heterocycles. The molecule has 1 atom stereocenters. The molecule has 4 nitrogen and oxygen atoms in total. The van der Waals surface area contributed by atoms with E-state index in [0.717, 1.165) is 26.3 Å². The predicted molar refractivity (Wildman–Crippen MR) is 91.5 cm³/mol. The van der Waals surface area contributed by atoms with Crippen LogP contribution >= 0.6 is 31.9 Å². The fourth-order valence-corrected chi connectivity index (χ4v) is 2.96. The highest BCUT2D eigenvalue weighted by molar-refractivity contribution is 9.13. The SMILES string of the molecule is CCC(CCO)CNC(=O)c1c[nH]c2cc(Br)c(Br)cc12. The summed E-state index contributed by atoms with van der Waals surface area (Å²) in [4.78, 5) is 15.4. The molecule has 1 amide bonds. The molecular weight excluding hydrogens is 400 g/mol. The lowest BCUT2D eigenvalue weighted by atomic mass is 10.0. The molecule has 0 aliphatic carbocycles. The number of aliphatic hydroxyl groups excluding tert-OH is 1. The van der Waals surface area contributed by atoms with Gasteiger partial charge in [-0.25, -0.2) is 0 Å². The Kier molecular flexibility index (Phi) is 5.84. The van der Waals surface area contributed by atoms with Crippen molar-refractivity contribution in [1.82, 2.24) is 10.3 Å². The van der Waals surface area contributed by atoms with Crippen molar-refractivity contribution in [3.8, 4) is 0 Å². The van der Waals surface area contributed by atoms with Crippen molar-refractivity contribution in [3.05, 3.63) is 32.8 Å². The standard InChI is InChI=1S/C15H18Br2N2O2/c1-2-9(3-4-20)7-19-15(21)11-8-18-14-6-13(17)12(16)5-10(11)14/h5-6,8-9,18,20H,2-4,7H2,1H3,(H,19,21). The highest BCUT2D eigenvalue weighted by Crippen LogP contribution is 2.30. The van der Waals surface area contributed by atoms with E-state index in [4.69, 9.17) is 5.11 Å². The smallest absolute Gasteiger partial charge is 0.253 e. The van der Waals surface area contributed by atoms with Gasteiger partial charge in [0.05, 0.1) is 5.56 Å². The minimum Gasteiger partial charge on any atom is -0.396 e. The molecule has 2 rings (SSSR count). The fraction of sp³-hybridized carbons (Fsp3) is 0.400. The Morgan fingerprint density at radius 1 is 1.38 bits per heavy atom. The molecule has 2 aromatic rings. The van der Waals surface area contributed by atoms with Crippen LogP contribution in [-0.4, -0.2) is 29.1 Å². The fourth-order valence-electron chi connectivity index (χ4n) is 2.27. The molecule has 1 aromatic heterocycles. The number of aromatic nitrogens is 1. The number of H-pyrrole nitrogens is 1. The molecule has 0 spiro atoms. The second-order valence-electron chi connectivity index (χ2n) is 5.01. The van der Waals surface area contributed by atoms with Crippen molar-refractivity contribution in [2.75, 3.05) is 13.2 Å². The van der Waals surface area contributed by atoms with Crippen LogP contribution in [0.25, 0.3) is 10.9 Å². The van der Waals surface area contributed by atoms with Gasteiger partial charge in [0, 0.05) is 39.2 Å². The van der Waals surface area contributed by atoms with Gasteiger partial charge in [-0.3, -0.25) is 4.79 Å². The number of aromatic amines is 1. The van der Waals surface area contributed by atoms with Gasteiger partial charge in [0.25, 0.3) is 5.91 Å². The van der Waals surface area contributed by atoms with Crippen LogP contribution in [0.2, 0.25) is 0 Å². The monoisotopic (exact) mass is 416 g/mol. The van der Waals surface area contributed by atoms with Crippen molar-refractivity contribution >= 4 is 48.7 Å². The molecule has 0 saturated carbocycles. The Labute approximate surface area is 140 Å². The van der Waals surface area contributed by atoms with Gasteiger partial charge in [0.15, 0.2) is 0 Å². The summed E-state index contributed by atoms with van der Waals surface area (Å²) in [5.74, 6) is 0.219. The number of carbonyl (C=O) groups excluding carboxylic acids is 1. The first-order valence-corrected chi connectivity index (χ1v) is 8.50. The second kappa shape index (κ2) is 7.42. The highest BCUT2D eigenvalue weighted by Gasteiger charge is 2.15. The molecule has 0 aliphatic heterocycles.